The summed E-state index contributed by atoms with van der Waals surface area (Å²) in [5, 5.41) is 0. The van der Waals surface area contributed by atoms with Crippen molar-refractivity contribution >= 4 is 16.9 Å². The standard InChI is InChI=1S/C24H23N5O4/c1-5-27-22(30)20-21(26(2)24(27)31)25-23-28(20)14-18(15-9-7-6-8-10-15)29(23)17-13-16(32-3)11-12-19(17)33-4/h6-14H,5H2,1-4H3. The lowest BCUT2D eigenvalue weighted by Crippen LogP contribution is -2.38. The summed E-state index contributed by atoms with van der Waals surface area (Å²) in [6.07, 6.45) is 1.87. The first-order chi connectivity index (χ1) is 16.0. The highest BCUT2D eigenvalue weighted by molar-refractivity contribution is 5.80. The average Bonchev–Trinajstić information content (AvgIpc) is 3.39. The summed E-state index contributed by atoms with van der Waals surface area (Å²) in [5.74, 6) is 1.74. The minimum Gasteiger partial charge on any atom is -0.497 e. The van der Waals surface area contributed by atoms with Crippen LogP contribution in [-0.2, 0) is 13.6 Å². The minimum atomic E-state index is -0.399. The number of hydrogen-bond acceptors (Lipinski definition) is 5. The molecule has 0 N–H and O–H groups in total. The topological polar surface area (TPSA) is 84.7 Å². The van der Waals surface area contributed by atoms with Crippen LogP contribution in [0.3, 0.4) is 0 Å². The fourth-order valence-electron chi connectivity index (χ4n) is 4.20. The molecule has 2 aromatic carbocycles. The van der Waals surface area contributed by atoms with Crippen molar-refractivity contribution in [1.29, 1.82) is 0 Å². The van der Waals surface area contributed by atoms with Gasteiger partial charge in [0.05, 0.1) is 25.6 Å². The van der Waals surface area contributed by atoms with Crippen molar-refractivity contribution < 1.29 is 9.47 Å². The van der Waals surface area contributed by atoms with E-state index in [-0.39, 0.29) is 12.1 Å². The van der Waals surface area contributed by atoms with Crippen LogP contribution >= 0.6 is 0 Å². The third kappa shape index (κ3) is 2.96. The molecule has 168 valence electrons. The maximum atomic E-state index is 13.3. The van der Waals surface area contributed by atoms with Crippen LogP contribution in [-0.4, -0.2) is 37.3 Å². The molecule has 0 bridgehead atoms. The molecule has 0 aliphatic carbocycles. The third-order valence-electron chi connectivity index (χ3n) is 5.86. The van der Waals surface area contributed by atoms with Crippen LogP contribution in [0.5, 0.6) is 11.5 Å². The monoisotopic (exact) mass is 445 g/mol. The van der Waals surface area contributed by atoms with Crippen molar-refractivity contribution in [3.8, 4) is 28.4 Å². The van der Waals surface area contributed by atoms with E-state index in [2.05, 4.69) is 0 Å². The largest absolute Gasteiger partial charge is 0.497 e. The van der Waals surface area contributed by atoms with Crippen molar-refractivity contribution in [2.45, 2.75) is 13.5 Å². The number of rotatable bonds is 5. The highest BCUT2D eigenvalue weighted by Gasteiger charge is 2.23. The average molecular weight is 445 g/mol. The van der Waals surface area contributed by atoms with Gasteiger partial charge >= 0.3 is 5.69 Å². The molecule has 9 nitrogen and oxygen atoms in total. The molecule has 0 unspecified atom stereocenters. The molecule has 5 rings (SSSR count). The summed E-state index contributed by atoms with van der Waals surface area (Å²) in [7, 11) is 4.82. The number of aryl methyl sites for hydroxylation is 1. The maximum absolute atomic E-state index is 13.3. The summed E-state index contributed by atoms with van der Waals surface area (Å²) in [5.41, 5.74) is 2.32. The molecule has 0 saturated carbocycles. The van der Waals surface area contributed by atoms with Crippen LogP contribution in [0, 0.1) is 0 Å². The molecule has 9 heteroatoms. The molecule has 0 aliphatic rings. The Bertz CT molecular complexity index is 1620. The Balaban J connectivity index is 1.99. The number of nitrogens with zero attached hydrogens (tertiary/aromatic N) is 5. The van der Waals surface area contributed by atoms with Gasteiger partial charge < -0.3 is 9.47 Å². The summed E-state index contributed by atoms with van der Waals surface area (Å²) in [6, 6.07) is 15.3. The Morgan fingerprint density at radius 3 is 2.42 bits per heavy atom. The van der Waals surface area contributed by atoms with Gasteiger partial charge in [0.25, 0.3) is 5.56 Å². The fraction of sp³-hybridized carbons (Fsp3) is 0.208. The van der Waals surface area contributed by atoms with E-state index in [4.69, 9.17) is 14.5 Å². The molecular formula is C24H23N5O4. The molecule has 0 spiro atoms. The van der Waals surface area contributed by atoms with Gasteiger partial charge in [0, 0.05) is 31.4 Å². The van der Waals surface area contributed by atoms with Gasteiger partial charge in [-0.25, -0.2) is 4.79 Å². The van der Waals surface area contributed by atoms with E-state index in [0.717, 1.165) is 11.3 Å². The van der Waals surface area contributed by atoms with Crippen LogP contribution in [0.4, 0.5) is 0 Å². The van der Waals surface area contributed by atoms with Crippen molar-refractivity contribution in [1.82, 2.24) is 23.1 Å². The first-order valence-electron chi connectivity index (χ1n) is 10.5. The molecular weight excluding hydrogens is 422 g/mol. The van der Waals surface area contributed by atoms with Gasteiger partial charge in [-0.05, 0) is 19.1 Å². The molecule has 0 fully saturated rings. The molecule has 0 atom stereocenters. The number of methoxy groups -OCH3 is 2. The summed E-state index contributed by atoms with van der Waals surface area (Å²) in [6.45, 7) is 2.04. The Morgan fingerprint density at radius 2 is 1.76 bits per heavy atom. The van der Waals surface area contributed by atoms with Crippen molar-refractivity contribution in [3.05, 3.63) is 75.6 Å². The first-order valence-corrected chi connectivity index (χ1v) is 10.5. The first kappa shape index (κ1) is 20.6. The van der Waals surface area contributed by atoms with Gasteiger partial charge in [-0.2, -0.15) is 4.98 Å². The maximum Gasteiger partial charge on any atom is 0.332 e. The van der Waals surface area contributed by atoms with Crippen LogP contribution in [0.2, 0.25) is 0 Å². The van der Waals surface area contributed by atoms with E-state index >= 15 is 0 Å². The van der Waals surface area contributed by atoms with Crippen molar-refractivity contribution in [2.24, 2.45) is 7.05 Å². The molecule has 0 radical (unpaired) electrons. The third-order valence-corrected chi connectivity index (χ3v) is 5.86. The molecule has 0 saturated heterocycles. The van der Waals surface area contributed by atoms with Crippen LogP contribution in [0.15, 0.2) is 64.3 Å². The van der Waals surface area contributed by atoms with Crippen LogP contribution in [0.1, 0.15) is 6.92 Å². The van der Waals surface area contributed by atoms with Gasteiger partial charge in [0.2, 0.25) is 5.78 Å². The smallest absolute Gasteiger partial charge is 0.332 e. The predicted molar refractivity (Wildman–Crippen MR) is 126 cm³/mol. The number of fused-ring (bicyclic) bond motifs is 3. The van der Waals surface area contributed by atoms with Gasteiger partial charge in [0.1, 0.15) is 11.5 Å². The highest BCUT2D eigenvalue weighted by Crippen LogP contribution is 2.35. The summed E-state index contributed by atoms with van der Waals surface area (Å²) in [4.78, 5) is 30.7. The Morgan fingerprint density at radius 1 is 1.00 bits per heavy atom. The SMILES string of the molecule is CCn1c(=O)c2c(nc3n(-c4cc(OC)ccc4OC)c(-c4ccccc4)cn23)n(C)c1=O. The zero-order valence-corrected chi connectivity index (χ0v) is 18.8. The lowest BCUT2D eigenvalue weighted by molar-refractivity contribution is 0.402. The van der Waals surface area contributed by atoms with E-state index in [1.807, 2.05) is 59.3 Å². The quantitative estimate of drug-likeness (QED) is 0.415. The van der Waals surface area contributed by atoms with E-state index < -0.39 is 5.69 Å². The number of hydrogen-bond donors (Lipinski definition) is 0. The van der Waals surface area contributed by atoms with Gasteiger partial charge in [-0.15, -0.1) is 0 Å². The van der Waals surface area contributed by atoms with E-state index in [0.29, 0.717) is 34.1 Å². The van der Waals surface area contributed by atoms with Crippen LogP contribution < -0.4 is 20.7 Å². The molecule has 3 heterocycles. The van der Waals surface area contributed by atoms with Gasteiger partial charge in [-0.1, -0.05) is 30.3 Å². The second-order valence-corrected chi connectivity index (χ2v) is 7.60. The van der Waals surface area contributed by atoms with Gasteiger partial charge in [0.15, 0.2) is 11.2 Å². The van der Waals surface area contributed by atoms with E-state index in [1.54, 1.807) is 32.6 Å². The Hall–Kier alpha value is -4.27. The lowest BCUT2D eigenvalue weighted by Gasteiger charge is -2.14. The Labute approximate surface area is 188 Å². The summed E-state index contributed by atoms with van der Waals surface area (Å²) >= 11 is 0. The summed E-state index contributed by atoms with van der Waals surface area (Å²) < 4.78 is 17.4. The van der Waals surface area contributed by atoms with Gasteiger partial charge in [-0.3, -0.25) is 22.9 Å². The molecule has 0 aliphatic heterocycles. The fourth-order valence-corrected chi connectivity index (χ4v) is 4.20. The van der Waals surface area contributed by atoms with Crippen molar-refractivity contribution in [3.63, 3.8) is 0 Å². The number of ether oxygens (including phenoxy) is 2. The van der Waals surface area contributed by atoms with Crippen molar-refractivity contribution in [2.75, 3.05) is 14.2 Å². The zero-order valence-electron chi connectivity index (χ0n) is 18.8. The minimum absolute atomic E-state index is 0.268. The molecule has 0 amide bonds. The number of aromatic nitrogens is 5. The van der Waals surface area contributed by atoms with Crippen LogP contribution in [0.25, 0.3) is 33.9 Å². The molecule has 33 heavy (non-hydrogen) atoms. The lowest BCUT2D eigenvalue weighted by atomic mass is 10.1. The van der Waals surface area contributed by atoms with E-state index in [9.17, 15) is 9.59 Å². The zero-order chi connectivity index (χ0) is 23.3. The number of imidazole rings is 2. The Kier molecular flexibility index (Phi) is 4.81. The second-order valence-electron chi connectivity index (χ2n) is 7.60. The van der Waals surface area contributed by atoms with E-state index in [1.165, 1.54) is 9.13 Å². The number of benzene rings is 2. The molecule has 3 aromatic heterocycles. The predicted octanol–water partition coefficient (Wildman–Crippen LogP) is 2.84. The highest BCUT2D eigenvalue weighted by atomic mass is 16.5. The second kappa shape index (κ2) is 7.70. The normalized spacial score (nSPS) is 11.4. The molecule has 5 aromatic rings.